The minimum absolute atomic E-state index is 0.0970. The summed E-state index contributed by atoms with van der Waals surface area (Å²) in [6, 6.07) is 9.17. The van der Waals surface area contributed by atoms with Crippen molar-refractivity contribution in [2.45, 2.75) is 12.7 Å². The van der Waals surface area contributed by atoms with E-state index in [4.69, 9.17) is 15.2 Å². The lowest BCUT2D eigenvalue weighted by atomic mass is 9.93. The van der Waals surface area contributed by atoms with E-state index in [1.165, 1.54) is 6.20 Å². The fourth-order valence-corrected chi connectivity index (χ4v) is 3.43. The summed E-state index contributed by atoms with van der Waals surface area (Å²) in [5.41, 5.74) is 7.72. The van der Waals surface area contributed by atoms with Crippen molar-refractivity contribution in [3.63, 3.8) is 0 Å². The number of fused-ring (bicyclic) bond motifs is 2. The molecule has 0 spiro atoms. The highest BCUT2D eigenvalue weighted by atomic mass is 16.5. The smallest absolute Gasteiger partial charge is 0.267 e. The third-order valence-corrected chi connectivity index (χ3v) is 4.70. The van der Waals surface area contributed by atoms with Gasteiger partial charge in [-0.1, -0.05) is 12.1 Å². The molecule has 2 aromatic rings. The summed E-state index contributed by atoms with van der Waals surface area (Å²) >= 11 is 0. The number of pyridine rings is 1. The molecule has 0 aliphatic carbocycles. The van der Waals surface area contributed by atoms with E-state index in [0.717, 1.165) is 11.3 Å². The molecule has 2 aliphatic rings. The van der Waals surface area contributed by atoms with E-state index in [2.05, 4.69) is 4.98 Å². The van der Waals surface area contributed by atoms with Crippen molar-refractivity contribution in [1.82, 2.24) is 4.98 Å². The average molecular weight is 339 g/mol. The standard InChI is InChI=1S/C18H17N3O4/c1-21-13-4-2-3-5-14(13)24-9-12(18(21)23)16-10-6-7-20-15(17(19)22)11(10)8-25-16/h2-7,12,16H,8-9H2,1H3,(H2,19,22)/t12-,16?/m0/s1. The number of nitrogens with two attached hydrogens (primary N) is 1. The summed E-state index contributed by atoms with van der Waals surface area (Å²) in [7, 11) is 1.72. The molecule has 25 heavy (non-hydrogen) atoms. The maximum absolute atomic E-state index is 13.0. The first-order chi connectivity index (χ1) is 12.1. The molecule has 1 unspecified atom stereocenters. The molecule has 2 aliphatic heterocycles. The van der Waals surface area contributed by atoms with E-state index in [-0.39, 0.29) is 24.8 Å². The Bertz CT molecular complexity index is 867. The molecule has 2 atom stereocenters. The van der Waals surface area contributed by atoms with Gasteiger partial charge in [-0.25, -0.2) is 0 Å². The monoisotopic (exact) mass is 339 g/mol. The lowest BCUT2D eigenvalue weighted by Gasteiger charge is -2.24. The zero-order valence-corrected chi connectivity index (χ0v) is 13.6. The molecule has 1 aromatic heterocycles. The molecule has 4 rings (SSSR count). The van der Waals surface area contributed by atoms with Crippen LogP contribution in [0.15, 0.2) is 36.5 Å². The lowest BCUT2D eigenvalue weighted by molar-refractivity contribution is -0.128. The Kier molecular flexibility index (Phi) is 3.65. The van der Waals surface area contributed by atoms with E-state index >= 15 is 0 Å². The van der Waals surface area contributed by atoms with Crippen LogP contribution < -0.4 is 15.4 Å². The van der Waals surface area contributed by atoms with Crippen LogP contribution in [0.3, 0.4) is 0 Å². The Morgan fingerprint density at radius 3 is 2.92 bits per heavy atom. The number of benzene rings is 1. The summed E-state index contributed by atoms with van der Waals surface area (Å²) < 4.78 is 11.7. The van der Waals surface area contributed by atoms with Crippen molar-refractivity contribution in [2.75, 3.05) is 18.6 Å². The first-order valence-corrected chi connectivity index (χ1v) is 7.96. The Balaban J connectivity index is 1.70. The second kappa shape index (κ2) is 5.86. The maximum atomic E-state index is 13.0. The molecule has 0 fully saturated rings. The van der Waals surface area contributed by atoms with Gasteiger partial charge >= 0.3 is 0 Å². The van der Waals surface area contributed by atoms with Gasteiger partial charge in [0.15, 0.2) is 0 Å². The normalized spacial score (nSPS) is 22.0. The van der Waals surface area contributed by atoms with E-state index in [1.54, 1.807) is 18.0 Å². The molecule has 0 radical (unpaired) electrons. The number of nitrogens with zero attached hydrogens (tertiary/aromatic N) is 2. The topological polar surface area (TPSA) is 94.8 Å². The number of hydrogen-bond acceptors (Lipinski definition) is 5. The Labute approximate surface area is 144 Å². The molecular weight excluding hydrogens is 322 g/mol. The molecule has 7 nitrogen and oxygen atoms in total. The number of carbonyl (C=O) groups is 2. The first kappa shape index (κ1) is 15.6. The van der Waals surface area contributed by atoms with Crippen molar-refractivity contribution in [2.24, 2.45) is 11.7 Å². The van der Waals surface area contributed by atoms with Gasteiger partial charge in [-0.15, -0.1) is 0 Å². The van der Waals surface area contributed by atoms with E-state index in [9.17, 15) is 9.59 Å². The van der Waals surface area contributed by atoms with Gasteiger partial charge in [0.2, 0.25) is 5.91 Å². The number of primary amides is 1. The molecule has 1 aromatic carbocycles. The first-order valence-electron chi connectivity index (χ1n) is 7.96. The Hall–Kier alpha value is -2.93. The van der Waals surface area contributed by atoms with Crippen LogP contribution in [0, 0.1) is 5.92 Å². The summed E-state index contributed by atoms with van der Waals surface area (Å²) in [4.78, 5) is 30.2. The highest BCUT2D eigenvalue weighted by Crippen LogP contribution is 2.41. The predicted molar refractivity (Wildman–Crippen MR) is 89.1 cm³/mol. The largest absolute Gasteiger partial charge is 0.490 e. The maximum Gasteiger partial charge on any atom is 0.267 e. The van der Waals surface area contributed by atoms with Crippen molar-refractivity contribution in [1.29, 1.82) is 0 Å². The fourth-order valence-electron chi connectivity index (χ4n) is 3.43. The van der Waals surface area contributed by atoms with Crippen molar-refractivity contribution >= 4 is 17.5 Å². The van der Waals surface area contributed by atoms with E-state index < -0.39 is 17.9 Å². The molecule has 7 heteroatoms. The number of aromatic nitrogens is 1. The predicted octanol–water partition coefficient (Wildman–Crippen LogP) is 1.42. The van der Waals surface area contributed by atoms with Gasteiger partial charge in [-0.05, 0) is 23.8 Å². The number of rotatable bonds is 2. The summed E-state index contributed by atoms with van der Waals surface area (Å²) in [6.07, 6.45) is 1.02. The van der Waals surface area contributed by atoms with Gasteiger partial charge in [-0.2, -0.15) is 0 Å². The number of carbonyl (C=O) groups excluding carboxylic acids is 2. The number of anilines is 1. The fraction of sp³-hybridized carbons (Fsp3) is 0.278. The third kappa shape index (κ3) is 2.44. The van der Waals surface area contributed by atoms with Crippen LogP contribution in [0.2, 0.25) is 0 Å². The van der Waals surface area contributed by atoms with Gasteiger partial charge < -0.3 is 20.1 Å². The molecular formula is C18H17N3O4. The van der Waals surface area contributed by atoms with Crippen LogP contribution in [-0.4, -0.2) is 30.5 Å². The van der Waals surface area contributed by atoms with Crippen LogP contribution >= 0.6 is 0 Å². The molecule has 128 valence electrons. The zero-order chi connectivity index (χ0) is 17.6. The van der Waals surface area contributed by atoms with E-state index in [1.807, 2.05) is 24.3 Å². The third-order valence-electron chi connectivity index (χ3n) is 4.70. The van der Waals surface area contributed by atoms with Gasteiger partial charge in [-0.3, -0.25) is 14.6 Å². The van der Waals surface area contributed by atoms with Crippen LogP contribution in [0.25, 0.3) is 0 Å². The molecule has 0 saturated carbocycles. The van der Waals surface area contributed by atoms with Crippen LogP contribution in [0.5, 0.6) is 5.75 Å². The van der Waals surface area contributed by atoms with Crippen LogP contribution in [0.1, 0.15) is 27.7 Å². The number of para-hydroxylation sites is 2. The highest BCUT2D eigenvalue weighted by Gasteiger charge is 2.41. The minimum Gasteiger partial charge on any atom is -0.490 e. The van der Waals surface area contributed by atoms with Gasteiger partial charge in [0.05, 0.1) is 18.4 Å². The Morgan fingerprint density at radius 1 is 1.32 bits per heavy atom. The molecule has 3 heterocycles. The van der Waals surface area contributed by atoms with Crippen molar-refractivity contribution < 1.29 is 19.1 Å². The molecule has 0 bridgehead atoms. The van der Waals surface area contributed by atoms with Gasteiger partial charge in [0.1, 0.15) is 24.0 Å². The average Bonchev–Trinajstić information content (AvgIpc) is 3.00. The quantitative estimate of drug-likeness (QED) is 0.893. The molecule has 2 N–H and O–H groups in total. The van der Waals surface area contributed by atoms with Crippen LogP contribution in [0.4, 0.5) is 5.69 Å². The number of ether oxygens (including phenoxy) is 2. The highest BCUT2D eigenvalue weighted by molar-refractivity contribution is 5.97. The molecule has 2 amide bonds. The van der Waals surface area contributed by atoms with E-state index in [0.29, 0.717) is 11.3 Å². The second-order valence-electron chi connectivity index (χ2n) is 6.11. The minimum atomic E-state index is -0.603. The molecule has 0 saturated heterocycles. The van der Waals surface area contributed by atoms with Crippen molar-refractivity contribution in [3.8, 4) is 5.75 Å². The second-order valence-corrected chi connectivity index (χ2v) is 6.11. The summed E-state index contributed by atoms with van der Waals surface area (Å²) in [6.45, 7) is 0.394. The lowest BCUT2D eigenvalue weighted by Crippen LogP contribution is -2.37. The summed E-state index contributed by atoms with van der Waals surface area (Å²) in [5, 5.41) is 0. The number of amides is 2. The number of hydrogen-bond donors (Lipinski definition) is 1. The Morgan fingerprint density at radius 2 is 2.12 bits per heavy atom. The van der Waals surface area contributed by atoms with Gasteiger partial charge in [0.25, 0.3) is 5.91 Å². The zero-order valence-electron chi connectivity index (χ0n) is 13.6. The SMILES string of the molecule is CN1C(=O)[C@H](C2OCc3c2ccnc3C(N)=O)COc2ccccc21. The summed E-state index contributed by atoms with van der Waals surface area (Å²) in [5.74, 6) is -0.567. The van der Waals surface area contributed by atoms with Crippen molar-refractivity contribution in [3.05, 3.63) is 53.3 Å². The van der Waals surface area contributed by atoms with Gasteiger partial charge in [0, 0.05) is 18.8 Å². The van der Waals surface area contributed by atoms with Crippen LogP contribution in [-0.2, 0) is 16.1 Å².